The zero-order valence-corrected chi connectivity index (χ0v) is 21.7. The first kappa shape index (κ1) is 24.3. The molecule has 1 aliphatic rings. The van der Waals surface area contributed by atoms with Crippen LogP contribution in [0, 0.1) is 0 Å². The predicted molar refractivity (Wildman–Crippen MR) is 141 cm³/mol. The molecule has 0 N–H and O–H groups in total. The van der Waals surface area contributed by atoms with Crippen molar-refractivity contribution < 1.29 is 13.9 Å². The highest BCUT2D eigenvalue weighted by molar-refractivity contribution is 7.07. The molecule has 6 nitrogen and oxygen atoms in total. The van der Waals surface area contributed by atoms with Gasteiger partial charge in [0.15, 0.2) is 4.80 Å². The summed E-state index contributed by atoms with van der Waals surface area (Å²) in [5.74, 6) is 0.640. The van der Waals surface area contributed by atoms with Crippen molar-refractivity contribution in [1.82, 2.24) is 4.57 Å². The molecule has 1 atom stereocenters. The van der Waals surface area contributed by atoms with Crippen molar-refractivity contribution in [2.45, 2.75) is 19.9 Å². The van der Waals surface area contributed by atoms with Crippen molar-refractivity contribution in [3.8, 4) is 11.3 Å². The molecule has 0 bridgehead atoms. The molecule has 0 saturated heterocycles. The number of benzene rings is 2. The molecule has 2 aromatic heterocycles. The SMILES string of the molecule is CCOC(=O)C1=C(C)N=c2sc(=Cc3ccc(-c4cccc(Cl)c4)o3)c(=O)n2C1c1ccc(Cl)cc1. The molecule has 3 heterocycles. The molecular formula is C27H20Cl2N2O4S. The van der Waals surface area contributed by atoms with Crippen LogP contribution in [0.15, 0.2) is 86.1 Å². The summed E-state index contributed by atoms with van der Waals surface area (Å²) in [6, 6.07) is 17.3. The lowest BCUT2D eigenvalue weighted by Crippen LogP contribution is -2.39. The molecule has 9 heteroatoms. The monoisotopic (exact) mass is 538 g/mol. The number of hydrogen-bond donors (Lipinski definition) is 0. The van der Waals surface area contributed by atoms with Gasteiger partial charge in [-0.3, -0.25) is 9.36 Å². The van der Waals surface area contributed by atoms with Crippen molar-refractivity contribution >= 4 is 46.6 Å². The minimum atomic E-state index is -0.696. The van der Waals surface area contributed by atoms with Gasteiger partial charge >= 0.3 is 5.97 Å². The van der Waals surface area contributed by atoms with Crippen LogP contribution < -0.4 is 14.9 Å². The molecule has 0 fully saturated rings. The molecule has 0 saturated carbocycles. The van der Waals surface area contributed by atoms with E-state index >= 15 is 0 Å². The summed E-state index contributed by atoms with van der Waals surface area (Å²) in [6.45, 7) is 3.69. The Kier molecular flexibility index (Phi) is 6.71. The summed E-state index contributed by atoms with van der Waals surface area (Å²) in [7, 11) is 0. The molecule has 0 amide bonds. The zero-order chi connectivity index (χ0) is 25.4. The Bertz CT molecular complexity index is 1680. The second-order valence-electron chi connectivity index (χ2n) is 8.07. The summed E-state index contributed by atoms with van der Waals surface area (Å²) in [5, 5.41) is 1.16. The van der Waals surface area contributed by atoms with Crippen LogP contribution in [0.1, 0.15) is 31.2 Å². The molecule has 1 unspecified atom stereocenters. The van der Waals surface area contributed by atoms with E-state index in [1.54, 1.807) is 56.3 Å². The Hall–Kier alpha value is -3.39. The van der Waals surface area contributed by atoms with E-state index in [0.29, 0.717) is 42.2 Å². The molecular weight excluding hydrogens is 519 g/mol. The van der Waals surface area contributed by atoms with Crippen LogP contribution >= 0.6 is 34.5 Å². The van der Waals surface area contributed by atoms with Crippen LogP contribution in [0.25, 0.3) is 17.4 Å². The molecule has 36 heavy (non-hydrogen) atoms. The first-order valence-corrected chi connectivity index (χ1v) is 12.7. The molecule has 4 aromatic rings. The molecule has 5 rings (SSSR count). The predicted octanol–water partition coefficient (Wildman–Crippen LogP) is 5.37. The van der Waals surface area contributed by atoms with Gasteiger partial charge in [-0.05, 0) is 55.8 Å². The minimum absolute atomic E-state index is 0.209. The van der Waals surface area contributed by atoms with Gasteiger partial charge in [-0.2, -0.15) is 0 Å². The number of fused-ring (bicyclic) bond motifs is 1. The van der Waals surface area contributed by atoms with E-state index in [1.807, 2.05) is 24.3 Å². The van der Waals surface area contributed by atoms with E-state index in [-0.39, 0.29) is 12.2 Å². The van der Waals surface area contributed by atoms with Crippen LogP contribution in [0.5, 0.6) is 0 Å². The van der Waals surface area contributed by atoms with Crippen molar-refractivity contribution in [1.29, 1.82) is 0 Å². The van der Waals surface area contributed by atoms with Gasteiger partial charge in [0.1, 0.15) is 11.5 Å². The topological polar surface area (TPSA) is 73.8 Å². The molecule has 0 radical (unpaired) electrons. The largest absolute Gasteiger partial charge is 0.463 e. The number of halogens is 2. The van der Waals surface area contributed by atoms with Crippen LogP contribution in [-0.2, 0) is 9.53 Å². The standard InChI is InChI=1S/C27H20Cl2N2O4S/c1-3-34-26(33)23-15(2)30-27-31(24(23)16-7-9-18(28)10-8-16)25(32)22(36-27)14-20-11-12-21(35-20)17-5-4-6-19(29)13-17/h4-14,24H,3H2,1-2H3. The van der Waals surface area contributed by atoms with Crippen molar-refractivity contribution in [3.05, 3.63) is 113 Å². The van der Waals surface area contributed by atoms with Crippen LogP contribution in [0.4, 0.5) is 0 Å². The summed E-state index contributed by atoms with van der Waals surface area (Å²) < 4.78 is 13.2. The number of thiazole rings is 1. The highest BCUT2D eigenvalue weighted by Crippen LogP contribution is 2.31. The normalized spacial score (nSPS) is 15.6. The van der Waals surface area contributed by atoms with E-state index < -0.39 is 12.0 Å². The lowest BCUT2D eigenvalue weighted by Gasteiger charge is -2.24. The van der Waals surface area contributed by atoms with E-state index in [2.05, 4.69) is 4.99 Å². The van der Waals surface area contributed by atoms with Crippen molar-refractivity contribution in [2.24, 2.45) is 4.99 Å². The number of rotatable bonds is 5. The highest BCUT2D eigenvalue weighted by atomic mass is 35.5. The van der Waals surface area contributed by atoms with E-state index in [1.165, 1.54) is 15.9 Å². The fraction of sp³-hybridized carbons (Fsp3) is 0.148. The van der Waals surface area contributed by atoms with Gasteiger partial charge in [-0.1, -0.05) is 58.8 Å². The van der Waals surface area contributed by atoms with Gasteiger partial charge in [0.25, 0.3) is 5.56 Å². The highest BCUT2D eigenvalue weighted by Gasteiger charge is 2.33. The Morgan fingerprint density at radius 1 is 1.14 bits per heavy atom. The number of nitrogens with zero attached hydrogens (tertiary/aromatic N) is 2. The molecule has 0 aliphatic carbocycles. The Morgan fingerprint density at radius 3 is 2.64 bits per heavy atom. The first-order chi connectivity index (χ1) is 17.4. The Balaban J connectivity index is 1.64. The van der Waals surface area contributed by atoms with Crippen LogP contribution in [0.2, 0.25) is 10.0 Å². The summed E-state index contributed by atoms with van der Waals surface area (Å²) in [5.41, 5.74) is 2.10. The maximum atomic E-state index is 13.6. The van der Waals surface area contributed by atoms with Crippen molar-refractivity contribution in [2.75, 3.05) is 6.61 Å². The quantitative estimate of drug-likeness (QED) is 0.320. The van der Waals surface area contributed by atoms with E-state index in [4.69, 9.17) is 32.4 Å². The minimum Gasteiger partial charge on any atom is -0.463 e. The van der Waals surface area contributed by atoms with Gasteiger partial charge in [0, 0.05) is 21.7 Å². The first-order valence-electron chi connectivity index (χ1n) is 11.2. The summed E-state index contributed by atoms with van der Waals surface area (Å²) in [6.07, 6.45) is 1.68. The molecule has 182 valence electrons. The number of allylic oxidation sites excluding steroid dienone is 1. The van der Waals surface area contributed by atoms with Crippen molar-refractivity contribution in [3.63, 3.8) is 0 Å². The molecule has 1 aliphatic heterocycles. The second kappa shape index (κ2) is 9.93. The number of aromatic nitrogens is 1. The smallest absolute Gasteiger partial charge is 0.338 e. The van der Waals surface area contributed by atoms with Gasteiger partial charge in [0.05, 0.1) is 28.5 Å². The fourth-order valence-electron chi connectivity index (χ4n) is 4.11. The van der Waals surface area contributed by atoms with Crippen LogP contribution in [-0.4, -0.2) is 17.1 Å². The molecule has 2 aromatic carbocycles. The summed E-state index contributed by atoms with van der Waals surface area (Å²) >= 11 is 13.4. The van der Waals surface area contributed by atoms with Gasteiger partial charge in [-0.15, -0.1) is 0 Å². The number of esters is 1. The maximum absolute atomic E-state index is 13.6. The average molecular weight is 539 g/mol. The number of hydrogen-bond acceptors (Lipinski definition) is 6. The van der Waals surface area contributed by atoms with Gasteiger partial charge in [-0.25, -0.2) is 9.79 Å². The number of carbonyl (C=O) groups excluding carboxylic acids is 1. The van der Waals surface area contributed by atoms with E-state index in [9.17, 15) is 9.59 Å². The number of carbonyl (C=O) groups is 1. The Morgan fingerprint density at radius 2 is 1.92 bits per heavy atom. The van der Waals surface area contributed by atoms with Gasteiger partial charge < -0.3 is 9.15 Å². The maximum Gasteiger partial charge on any atom is 0.338 e. The van der Waals surface area contributed by atoms with Gasteiger partial charge in [0.2, 0.25) is 0 Å². The second-order valence-corrected chi connectivity index (χ2v) is 9.95. The summed E-state index contributed by atoms with van der Waals surface area (Å²) in [4.78, 5) is 31.6. The van der Waals surface area contributed by atoms with E-state index in [0.717, 1.165) is 11.1 Å². The fourth-order valence-corrected chi connectivity index (χ4v) is 5.45. The third-order valence-corrected chi connectivity index (χ3v) is 7.18. The molecule has 0 spiro atoms. The number of ether oxygens (including phenoxy) is 1. The lowest BCUT2D eigenvalue weighted by molar-refractivity contribution is -0.139. The lowest BCUT2D eigenvalue weighted by atomic mass is 9.96. The third kappa shape index (κ3) is 4.57. The average Bonchev–Trinajstić information content (AvgIpc) is 3.43. The Labute approximate surface area is 220 Å². The number of furan rings is 1. The van der Waals surface area contributed by atoms with Crippen LogP contribution in [0.3, 0.4) is 0 Å². The third-order valence-electron chi connectivity index (χ3n) is 5.71. The zero-order valence-electron chi connectivity index (χ0n) is 19.3.